The van der Waals surface area contributed by atoms with Gasteiger partial charge in [-0.2, -0.15) is 0 Å². The van der Waals surface area contributed by atoms with Crippen molar-refractivity contribution in [2.45, 2.75) is 19.4 Å². The first kappa shape index (κ1) is 14.5. The maximum absolute atomic E-state index is 11.0. The average Bonchev–Trinajstić information content (AvgIpc) is 2.48. The largest absolute Gasteiger partial charge is 0.392 e. The third-order valence-corrected chi connectivity index (χ3v) is 3.26. The standard InChI is InChI=1S/C14H18N2O4/c17-10-12-1-2-14(16(18)19)13(9-12)15-6-3-11-4-7-20-8-5-11/h1-2,4,9,15,17H,3,5-8,10H2. The molecule has 0 radical (unpaired) electrons. The summed E-state index contributed by atoms with van der Waals surface area (Å²) in [7, 11) is 0. The van der Waals surface area contributed by atoms with E-state index in [1.807, 2.05) is 0 Å². The number of nitrogens with zero attached hydrogens (tertiary/aromatic N) is 1. The maximum atomic E-state index is 11.0. The third-order valence-electron chi connectivity index (χ3n) is 3.26. The Kier molecular flexibility index (Phi) is 5.09. The third kappa shape index (κ3) is 3.79. The van der Waals surface area contributed by atoms with E-state index in [1.165, 1.54) is 11.6 Å². The van der Waals surface area contributed by atoms with Crippen molar-refractivity contribution < 1.29 is 14.8 Å². The highest BCUT2D eigenvalue weighted by atomic mass is 16.6. The van der Waals surface area contributed by atoms with Gasteiger partial charge in [0.1, 0.15) is 5.69 Å². The van der Waals surface area contributed by atoms with Crippen LogP contribution in [-0.2, 0) is 11.3 Å². The molecule has 20 heavy (non-hydrogen) atoms. The summed E-state index contributed by atoms with van der Waals surface area (Å²) >= 11 is 0. The number of nitrogens with one attached hydrogen (secondary N) is 1. The highest BCUT2D eigenvalue weighted by Gasteiger charge is 2.14. The van der Waals surface area contributed by atoms with Crippen LogP contribution < -0.4 is 5.32 Å². The molecule has 1 aliphatic heterocycles. The fraction of sp³-hybridized carbons (Fsp3) is 0.429. The van der Waals surface area contributed by atoms with Gasteiger partial charge in [-0.15, -0.1) is 0 Å². The molecule has 0 aliphatic carbocycles. The Morgan fingerprint density at radius 3 is 2.95 bits per heavy atom. The molecule has 0 saturated carbocycles. The summed E-state index contributed by atoms with van der Waals surface area (Å²) in [5, 5.41) is 23.1. The van der Waals surface area contributed by atoms with Crippen LogP contribution in [0.5, 0.6) is 0 Å². The Hall–Kier alpha value is -1.92. The summed E-state index contributed by atoms with van der Waals surface area (Å²) in [4.78, 5) is 10.5. The first-order valence-corrected chi connectivity index (χ1v) is 6.58. The smallest absolute Gasteiger partial charge is 0.292 e. The van der Waals surface area contributed by atoms with Crippen LogP contribution in [0, 0.1) is 10.1 Å². The lowest BCUT2D eigenvalue weighted by atomic mass is 10.1. The summed E-state index contributed by atoms with van der Waals surface area (Å²) in [5.41, 5.74) is 2.45. The van der Waals surface area contributed by atoms with Crippen molar-refractivity contribution in [3.63, 3.8) is 0 Å². The van der Waals surface area contributed by atoms with Gasteiger partial charge in [-0.3, -0.25) is 10.1 Å². The van der Waals surface area contributed by atoms with E-state index in [1.54, 1.807) is 12.1 Å². The average molecular weight is 278 g/mol. The lowest BCUT2D eigenvalue weighted by Crippen LogP contribution is -2.10. The predicted molar refractivity (Wildman–Crippen MR) is 75.6 cm³/mol. The Bertz CT molecular complexity index is 514. The lowest BCUT2D eigenvalue weighted by molar-refractivity contribution is -0.384. The first-order chi connectivity index (χ1) is 9.70. The molecule has 1 aromatic carbocycles. The number of aliphatic hydroxyl groups is 1. The number of ether oxygens (including phenoxy) is 1. The van der Waals surface area contributed by atoms with E-state index in [0.29, 0.717) is 24.4 Å². The van der Waals surface area contributed by atoms with Gasteiger partial charge in [-0.05, 0) is 30.5 Å². The molecule has 1 aromatic rings. The highest BCUT2D eigenvalue weighted by molar-refractivity contribution is 5.62. The lowest BCUT2D eigenvalue weighted by Gasteiger charge is -2.14. The molecule has 0 saturated heterocycles. The monoisotopic (exact) mass is 278 g/mol. The van der Waals surface area contributed by atoms with Crippen molar-refractivity contribution in [3.8, 4) is 0 Å². The molecule has 0 fully saturated rings. The van der Waals surface area contributed by atoms with Crippen LogP contribution in [-0.4, -0.2) is 29.8 Å². The second kappa shape index (κ2) is 7.02. The van der Waals surface area contributed by atoms with Crippen LogP contribution in [0.3, 0.4) is 0 Å². The SMILES string of the molecule is O=[N+]([O-])c1ccc(CO)cc1NCCC1=CCOCC1. The summed E-state index contributed by atoms with van der Waals surface area (Å²) in [5.74, 6) is 0. The first-order valence-electron chi connectivity index (χ1n) is 6.58. The van der Waals surface area contributed by atoms with Gasteiger partial charge in [-0.1, -0.05) is 11.6 Å². The number of hydrogen-bond donors (Lipinski definition) is 2. The predicted octanol–water partition coefficient (Wildman–Crippen LogP) is 2.24. The number of aliphatic hydroxyl groups excluding tert-OH is 1. The number of benzene rings is 1. The molecule has 6 nitrogen and oxygen atoms in total. The van der Waals surface area contributed by atoms with E-state index in [9.17, 15) is 10.1 Å². The molecule has 108 valence electrons. The zero-order valence-corrected chi connectivity index (χ0v) is 11.2. The maximum Gasteiger partial charge on any atom is 0.292 e. The minimum absolute atomic E-state index is 0.0307. The van der Waals surface area contributed by atoms with Gasteiger partial charge in [0, 0.05) is 12.6 Å². The van der Waals surface area contributed by atoms with Crippen LogP contribution in [0.2, 0.25) is 0 Å². The van der Waals surface area contributed by atoms with Gasteiger partial charge in [0.05, 0.1) is 24.7 Å². The fourth-order valence-electron chi connectivity index (χ4n) is 2.13. The van der Waals surface area contributed by atoms with Crippen molar-refractivity contribution in [1.29, 1.82) is 0 Å². The molecule has 2 N–H and O–H groups in total. The second-order valence-corrected chi connectivity index (χ2v) is 4.63. The molecule has 6 heteroatoms. The Morgan fingerprint density at radius 2 is 2.30 bits per heavy atom. The number of hydrogen-bond acceptors (Lipinski definition) is 5. The Labute approximate surface area is 117 Å². The van der Waals surface area contributed by atoms with Gasteiger partial charge >= 0.3 is 0 Å². The topological polar surface area (TPSA) is 84.6 Å². The molecule has 0 unspecified atom stereocenters. The minimum atomic E-state index is -0.419. The number of rotatable bonds is 6. The molecule has 0 aromatic heterocycles. The molecule has 1 heterocycles. The van der Waals surface area contributed by atoms with E-state index >= 15 is 0 Å². The van der Waals surface area contributed by atoms with Gasteiger partial charge in [-0.25, -0.2) is 0 Å². The van der Waals surface area contributed by atoms with Crippen LogP contribution in [0.4, 0.5) is 11.4 Å². The van der Waals surface area contributed by atoms with Crippen LogP contribution in [0.1, 0.15) is 18.4 Å². The summed E-state index contributed by atoms with van der Waals surface area (Å²) < 4.78 is 5.23. The van der Waals surface area contributed by atoms with E-state index in [2.05, 4.69) is 11.4 Å². The van der Waals surface area contributed by atoms with E-state index in [-0.39, 0.29) is 12.3 Å². The summed E-state index contributed by atoms with van der Waals surface area (Å²) in [6.45, 7) is 1.89. The van der Waals surface area contributed by atoms with Crippen molar-refractivity contribution in [3.05, 3.63) is 45.5 Å². The second-order valence-electron chi connectivity index (χ2n) is 4.63. The quantitative estimate of drug-likeness (QED) is 0.473. The molecular formula is C14H18N2O4. The number of nitro benzene ring substituents is 1. The molecule has 0 spiro atoms. The summed E-state index contributed by atoms with van der Waals surface area (Å²) in [6, 6.07) is 4.60. The molecule has 1 aliphatic rings. The molecular weight excluding hydrogens is 260 g/mol. The van der Waals surface area contributed by atoms with Crippen LogP contribution in [0.15, 0.2) is 29.8 Å². The molecule has 2 rings (SSSR count). The zero-order chi connectivity index (χ0) is 14.4. The van der Waals surface area contributed by atoms with Gasteiger partial charge in [0.15, 0.2) is 0 Å². The van der Waals surface area contributed by atoms with Gasteiger partial charge in [0.2, 0.25) is 0 Å². The van der Waals surface area contributed by atoms with Crippen molar-refractivity contribution in [1.82, 2.24) is 0 Å². The van der Waals surface area contributed by atoms with Gasteiger partial charge < -0.3 is 15.2 Å². The number of anilines is 1. The highest BCUT2D eigenvalue weighted by Crippen LogP contribution is 2.26. The van der Waals surface area contributed by atoms with Crippen molar-refractivity contribution >= 4 is 11.4 Å². The van der Waals surface area contributed by atoms with Crippen molar-refractivity contribution in [2.75, 3.05) is 25.1 Å². The van der Waals surface area contributed by atoms with Crippen molar-refractivity contribution in [2.24, 2.45) is 0 Å². The van der Waals surface area contributed by atoms with Gasteiger partial charge in [0.25, 0.3) is 5.69 Å². The van der Waals surface area contributed by atoms with Crippen LogP contribution >= 0.6 is 0 Å². The van der Waals surface area contributed by atoms with E-state index < -0.39 is 4.92 Å². The number of nitro groups is 1. The van der Waals surface area contributed by atoms with E-state index in [0.717, 1.165) is 19.4 Å². The minimum Gasteiger partial charge on any atom is -0.392 e. The molecule has 0 amide bonds. The Balaban J connectivity index is 2.00. The molecule has 0 bridgehead atoms. The molecule has 0 atom stereocenters. The Morgan fingerprint density at radius 1 is 1.45 bits per heavy atom. The van der Waals surface area contributed by atoms with Crippen LogP contribution in [0.25, 0.3) is 0 Å². The normalized spacial score (nSPS) is 14.8. The summed E-state index contributed by atoms with van der Waals surface area (Å²) in [6.07, 6.45) is 3.81. The fourth-order valence-corrected chi connectivity index (χ4v) is 2.13. The van der Waals surface area contributed by atoms with E-state index in [4.69, 9.17) is 9.84 Å². The zero-order valence-electron chi connectivity index (χ0n) is 11.2.